The van der Waals surface area contributed by atoms with Crippen molar-refractivity contribution in [2.24, 2.45) is 0 Å². The fourth-order valence-electron chi connectivity index (χ4n) is 4.16. The first-order valence-corrected chi connectivity index (χ1v) is 12.7. The lowest BCUT2D eigenvalue weighted by molar-refractivity contribution is -0.145. The zero-order chi connectivity index (χ0) is 28.2. The number of amides is 2. The number of aromatic hydroxyl groups is 1. The van der Waals surface area contributed by atoms with Gasteiger partial charge in [-0.25, -0.2) is 9.59 Å². The Balaban J connectivity index is 1.95. The molecular formula is C28H38N2O8. The van der Waals surface area contributed by atoms with Crippen molar-refractivity contribution in [3.8, 4) is 11.5 Å². The third kappa shape index (κ3) is 8.09. The molecule has 208 valence electrons. The summed E-state index contributed by atoms with van der Waals surface area (Å²) in [5.41, 5.74) is 2.90. The second kappa shape index (κ2) is 14.8. The Kier molecular flexibility index (Phi) is 11.8. The van der Waals surface area contributed by atoms with Crippen LogP contribution in [0.25, 0.3) is 0 Å². The van der Waals surface area contributed by atoms with Crippen LogP contribution in [0.1, 0.15) is 73.0 Å². The SMILES string of the molecule is CC/C=C\CC(=O)NCCC(NC(=O)CC/C(C)=C/Cc1c(O)c2c(c(C)c1OC)COC2=O)C(=O)OC. The van der Waals surface area contributed by atoms with E-state index in [0.29, 0.717) is 29.7 Å². The summed E-state index contributed by atoms with van der Waals surface area (Å²) in [4.78, 5) is 48.6. The van der Waals surface area contributed by atoms with Gasteiger partial charge in [-0.15, -0.1) is 0 Å². The second-order valence-electron chi connectivity index (χ2n) is 9.04. The molecule has 2 rings (SSSR count). The number of rotatable bonds is 14. The van der Waals surface area contributed by atoms with Gasteiger partial charge in [0.1, 0.15) is 29.7 Å². The number of carbonyl (C=O) groups excluding carboxylic acids is 4. The number of phenols is 1. The van der Waals surface area contributed by atoms with Gasteiger partial charge < -0.3 is 30.0 Å². The fraction of sp³-hybridized carbons (Fsp3) is 0.500. The molecule has 2 amide bonds. The highest BCUT2D eigenvalue weighted by atomic mass is 16.5. The number of phenolic OH excluding ortho intramolecular Hbond substituents is 1. The molecule has 0 saturated heterocycles. The molecular weight excluding hydrogens is 492 g/mol. The third-order valence-corrected chi connectivity index (χ3v) is 6.33. The van der Waals surface area contributed by atoms with Gasteiger partial charge >= 0.3 is 11.9 Å². The predicted octanol–water partition coefficient (Wildman–Crippen LogP) is 3.17. The molecule has 1 atom stereocenters. The lowest BCUT2D eigenvalue weighted by Crippen LogP contribution is -2.43. The molecule has 1 aromatic rings. The van der Waals surface area contributed by atoms with Crippen molar-refractivity contribution in [1.82, 2.24) is 10.6 Å². The third-order valence-electron chi connectivity index (χ3n) is 6.33. The van der Waals surface area contributed by atoms with Crippen LogP contribution in [0, 0.1) is 6.92 Å². The van der Waals surface area contributed by atoms with Crippen molar-refractivity contribution in [3.63, 3.8) is 0 Å². The Morgan fingerprint density at radius 2 is 1.89 bits per heavy atom. The number of esters is 2. The molecule has 1 aromatic carbocycles. The minimum Gasteiger partial charge on any atom is -0.507 e. The van der Waals surface area contributed by atoms with Gasteiger partial charge in [0.05, 0.1) is 14.2 Å². The summed E-state index contributed by atoms with van der Waals surface area (Å²) in [6.45, 7) is 5.97. The Labute approximate surface area is 223 Å². The van der Waals surface area contributed by atoms with Crippen LogP contribution >= 0.6 is 0 Å². The Morgan fingerprint density at radius 1 is 1.16 bits per heavy atom. The van der Waals surface area contributed by atoms with Gasteiger partial charge in [0.2, 0.25) is 11.8 Å². The molecule has 10 nitrogen and oxygen atoms in total. The number of benzene rings is 1. The summed E-state index contributed by atoms with van der Waals surface area (Å²) in [7, 11) is 2.75. The van der Waals surface area contributed by atoms with E-state index in [2.05, 4.69) is 10.6 Å². The average molecular weight is 531 g/mol. The van der Waals surface area contributed by atoms with Gasteiger partial charge in [-0.1, -0.05) is 30.7 Å². The van der Waals surface area contributed by atoms with Crippen molar-refractivity contribution < 1.29 is 38.5 Å². The van der Waals surface area contributed by atoms with Gasteiger partial charge in [-0.2, -0.15) is 0 Å². The molecule has 0 aliphatic carbocycles. The van der Waals surface area contributed by atoms with Crippen LogP contribution < -0.4 is 15.4 Å². The van der Waals surface area contributed by atoms with Crippen molar-refractivity contribution >= 4 is 23.8 Å². The van der Waals surface area contributed by atoms with Crippen LogP contribution in [0.3, 0.4) is 0 Å². The smallest absolute Gasteiger partial charge is 0.342 e. The Bertz CT molecular complexity index is 1110. The largest absolute Gasteiger partial charge is 0.507 e. The lowest BCUT2D eigenvalue weighted by atomic mass is 9.94. The second-order valence-corrected chi connectivity index (χ2v) is 9.04. The number of ether oxygens (including phenoxy) is 3. The zero-order valence-corrected chi connectivity index (χ0v) is 22.8. The van der Waals surface area contributed by atoms with E-state index in [1.165, 1.54) is 14.2 Å². The first-order valence-electron chi connectivity index (χ1n) is 12.7. The van der Waals surface area contributed by atoms with Gasteiger partial charge in [0, 0.05) is 30.5 Å². The fourth-order valence-corrected chi connectivity index (χ4v) is 4.16. The van der Waals surface area contributed by atoms with Crippen LogP contribution in [-0.2, 0) is 36.9 Å². The van der Waals surface area contributed by atoms with Gasteiger partial charge in [-0.05, 0) is 45.1 Å². The number of hydrogen-bond donors (Lipinski definition) is 3. The molecule has 1 heterocycles. The van der Waals surface area contributed by atoms with E-state index in [-0.39, 0.29) is 55.5 Å². The molecule has 0 fully saturated rings. The quantitative estimate of drug-likeness (QED) is 0.246. The lowest BCUT2D eigenvalue weighted by Gasteiger charge is -2.17. The summed E-state index contributed by atoms with van der Waals surface area (Å²) >= 11 is 0. The number of cyclic esters (lactones) is 1. The maximum Gasteiger partial charge on any atom is 0.342 e. The number of hydrogen-bond acceptors (Lipinski definition) is 8. The standard InChI is InChI=1S/C28H38N2O8/c1-6-7-8-9-22(31)29-15-14-21(27(34)37-5)30-23(32)13-11-17(2)10-12-19-25(33)24-20(16-38-28(24)35)18(3)26(19)36-4/h7-8,10,21,33H,6,9,11-16H2,1-5H3,(H,29,31)(H,30,32)/b8-7-,17-10+. The van der Waals surface area contributed by atoms with E-state index >= 15 is 0 Å². The van der Waals surface area contributed by atoms with E-state index in [1.54, 1.807) is 6.08 Å². The van der Waals surface area contributed by atoms with E-state index in [4.69, 9.17) is 14.2 Å². The van der Waals surface area contributed by atoms with Crippen LogP contribution in [0.2, 0.25) is 0 Å². The number of fused-ring (bicyclic) bond motifs is 1. The highest BCUT2D eigenvalue weighted by Gasteiger charge is 2.31. The number of allylic oxidation sites excluding steroid dienone is 3. The van der Waals surface area contributed by atoms with Crippen molar-refractivity contribution in [3.05, 3.63) is 46.1 Å². The molecule has 38 heavy (non-hydrogen) atoms. The highest BCUT2D eigenvalue weighted by molar-refractivity contribution is 5.98. The summed E-state index contributed by atoms with van der Waals surface area (Å²) in [5.74, 6) is -1.30. The summed E-state index contributed by atoms with van der Waals surface area (Å²) in [6.07, 6.45) is 7.68. The van der Waals surface area contributed by atoms with E-state index in [9.17, 15) is 24.3 Å². The highest BCUT2D eigenvalue weighted by Crippen LogP contribution is 2.42. The normalized spacial score (nSPS) is 13.6. The molecule has 0 radical (unpaired) electrons. The van der Waals surface area contributed by atoms with Crippen LogP contribution in [0.5, 0.6) is 11.5 Å². The average Bonchev–Trinajstić information content (AvgIpc) is 3.29. The number of carbonyl (C=O) groups is 4. The summed E-state index contributed by atoms with van der Waals surface area (Å²) < 4.78 is 15.4. The first kappa shape index (κ1) is 30.4. The molecule has 10 heteroatoms. The number of methoxy groups -OCH3 is 2. The Morgan fingerprint density at radius 3 is 2.55 bits per heavy atom. The van der Waals surface area contributed by atoms with Crippen LogP contribution in [-0.4, -0.2) is 55.7 Å². The molecule has 0 saturated carbocycles. The minimum atomic E-state index is -0.876. The van der Waals surface area contributed by atoms with Crippen molar-refractivity contribution in [1.29, 1.82) is 0 Å². The molecule has 1 aliphatic heterocycles. The van der Waals surface area contributed by atoms with E-state index in [0.717, 1.165) is 17.6 Å². The van der Waals surface area contributed by atoms with Gasteiger partial charge in [-0.3, -0.25) is 9.59 Å². The number of nitrogens with one attached hydrogen (secondary N) is 2. The minimum absolute atomic E-state index is 0.101. The topological polar surface area (TPSA) is 140 Å². The summed E-state index contributed by atoms with van der Waals surface area (Å²) in [5, 5.41) is 16.1. The molecule has 3 N–H and O–H groups in total. The molecule has 1 aliphatic rings. The Hall–Kier alpha value is -3.82. The van der Waals surface area contributed by atoms with E-state index in [1.807, 2.05) is 32.9 Å². The first-order chi connectivity index (χ1) is 18.1. The van der Waals surface area contributed by atoms with E-state index < -0.39 is 18.0 Å². The predicted molar refractivity (Wildman–Crippen MR) is 141 cm³/mol. The monoisotopic (exact) mass is 530 g/mol. The van der Waals surface area contributed by atoms with Gasteiger partial charge in [0.15, 0.2) is 0 Å². The molecule has 0 bridgehead atoms. The zero-order valence-electron chi connectivity index (χ0n) is 22.8. The maximum atomic E-state index is 12.5. The van der Waals surface area contributed by atoms with Crippen LogP contribution in [0.15, 0.2) is 23.8 Å². The molecule has 0 spiro atoms. The van der Waals surface area contributed by atoms with Crippen molar-refractivity contribution in [2.45, 2.75) is 71.9 Å². The molecule has 0 aromatic heterocycles. The van der Waals surface area contributed by atoms with Crippen LogP contribution in [0.4, 0.5) is 0 Å². The summed E-state index contributed by atoms with van der Waals surface area (Å²) in [6, 6.07) is -0.876. The van der Waals surface area contributed by atoms with Crippen molar-refractivity contribution in [2.75, 3.05) is 20.8 Å². The van der Waals surface area contributed by atoms with Gasteiger partial charge in [0.25, 0.3) is 0 Å². The molecule has 1 unspecified atom stereocenters. The maximum absolute atomic E-state index is 12.5.